The molecule has 2 rings (SSSR count). The van der Waals surface area contributed by atoms with Crippen LogP contribution >= 0.6 is 11.3 Å². The number of ether oxygens (including phenoxy) is 3. The number of carbonyl (C=O) groups is 2. The van der Waals surface area contributed by atoms with E-state index in [1.54, 1.807) is 13.0 Å². The van der Waals surface area contributed by atoms with Gasteiger partial charge in [0.2, 0.25) is 0 Å². The highest BCUT2D eigenvalue weighted by Gasteiger charge is 2.25. The Kier molecular flexibility index (Phi) is 5.11. The van der Waals surface area contributed by atoms with Crippen LogP contribution in [0.2, 0.25) is 0 Å². The second-order valence-corrected chi connectivity index (χ2v) is 5.50. The lowest BCUT2D eigenvalue weighted by atomic mass is 10.2. The van der Waals surface area contributed by atoms with E-state index in [4.69, 9.17) is 14.2 Å². The molecule has 7 heteroatoms. The highest BCUT2D eigenvalue weighted by atomic mass is 32.1. The number of carbonyl (C=O) groups excluding carboxylic acids is 2. The van der Waals surface area contributed by atoms with Gasteiger partial charge in [0.15, 0.2) is 6.10 Å². The van der Waals surface area contributed by atoms with Crippen LogP contribution in [0.1, 0.15) is 22.2 Å². The number of esters is 1. The Morgan fingerprint density at radius 3 is 2.95 bits per heavy atom. The van der Waals surface area contributed by atoms with E-state index in [1.807, 2.05) is 6.92 Å². The number of hydrogen-bond acceptors (Lipinski definition) is 6. The van der Waals surface area contributed by atoms with E-state index < -0.39 is 12.1 Å². The maximum Gasteiger partial charge on any atom is 0.341 e. The van der Waals surface area contributed by atoms with E-state index in [0.29, 0.717) is 30.4 Å². The summed E-state index contributed by atoms with van der Waals surface area (Å²) in [5.41, 5.74) is 0.374. The van der Waals surface area contributed by atoms with Crippen LogP contribution in [0.5, 0.6) is 0 Å². The summed E-state index contributed by atoms with van der Waals surface area (Å²) in [7, 11) is 0. The van der Waals surface area contributed by atoms with Crippen LogP contribution in [0.25, 0.3) is 0 Å². The summed E-state index contributed by atoms with van der Waals surface area (Å²) < 4.78 is 15.5. The molecule has 1 aliphatic heterocycles. The standard InChI is InChI=1S/C13H17NO5S/c1-3-18-13(16)9-6-8(2)20-12(9)14-11(15)10-7-17-4-5-19-10/h6,10H,3-5,7H2,1-2H3,(H,14,15). The summed E-state index contributed by atoms with van der Waals surface area (Å²) in [6.07, 6.45) is -0.638. The van der Waals surface area contributed by atoms with Gasteiger partial charge in [0.05, 0.1) is 32.0 Å². The molecule has 1 aromatic rings. The van der Waals surface area contributed by atoms with Gasteiger partial charge in [-0.25, -0.2) is 4.79 Å². The largest absolute Gasteiger partial charge is 0.462 e. The van der Waals surface area contributed by atoms with Gasteiger partial charge in [-0.2, -0.15) is 0 Å². The van der Waals surface area contributed by atoms with Gasteiger partial charge in [-0.1, -0.05) is 0 Å². The minimum absolute atomic E-state index is 0.227. The quantitative estimate of drug-likeness (QED) is 0.855. The number of nitrogens with one attached hydrogen (secondary N) is 1. The third-order valence-corrected chi connectivity index (χ3v) is 3.66. The Bertz CT molecular complexity index is 493. The van der Waals surface area contributed by atoms with Gasteiger partial charge in [0.1, 0.15) is 5.00 Å². The normalized spacial score (nSPS) is 18.6. The van der Waals surface area contributed by atoms with Crippen LogP contribution < -0.4 is 5.32 Å². The highest BCUT2D eigenvalue weighted by molar-refractivity contribution is 7.16. The predicted molar refractivity (Wildman–Crippen MR) is 74.2 cm³/mol. The van der Waals surface area contributed by atoms with E-state index >= 15 is 0 Å². The molecule has 0 saturated carbocycles. The number of thiophene rings is 1. The summed E-state index contributed by atoms with van der Waals surface area (Å²) in [5.74, 6) is -0.745. The molecule has 0 radical (unpaired) electrons. The van der Waals surface area contributed by atoms with E-state index in [2.05, 4.69) is 5.32 Å². The van der Waals surface area contributed by atoms with E-state index in [9.17, 15) is 9.59 Å². The van der Waals surface area contributed by atoms with Crippen molar-refractivity contribution in [2.75, 3.05) is 31.7 Å². The van der Waals surface area contributed by atoms with Crippen molar-refractivity contribution in [2.24, 2.45) is 0 Å². The molecule has 0 aliphatic carbocycles. The van der Waals surface area contributed by atoms with Gasteiger partial charge in [-0.05, 0) is 19.9 Å². The zero-order valence-corrected chi connectivity index (χ0v) is 12.2. The first kappa shape index (κ1) is 15.0. The number of aryl methyl sites for hydroxylation is 1. The van der Waals surface area contributed by atoms with Crippen LogP contribution in [-0.2, 0) is 19.0 Å². The van der Waals surface area contributed by atoms with Crippen LogP contribution in [0, 0.1) is 6.92 Å². The van der Waals surface area contributed by atoms with Gasteiger partial charge < -0.3 is 19.5 Å². The number of hydrogen-bond donors (Lipinski definition) is 1. The SMILES string of the molecule is CCOC(=O)c1cc(C)sc1NC(=O)C1COCCO1. The molecule has 6 nitrogen and oxygen atoms in total. The molecule has 1 aliphatic rings. The summed E-state index contributed by atoms with van der Waals surface area (Å²) in [6, 6.07) is 1.70. The summed E-state index contributed by atoms with van der Waals surface area (Å²) in [4.78, 5) is 24.8. The van der Waals surface area contributed by atoms with Crippen molar-refractivity contribution < 1.29 is 23.8 Å². The fourth-order valence-electron chi connectivity index (χ4n) is 1.80. The van der Waals surface area contributed by atoms with E-state index in [1.165, 1.54) is 11.3 Å². The second-order valence-electron chi connectivity index (χ2n) is 4.24. The molecule has 0 aromatic carbocycles. The molecule has 110 valence electrons. The first-order chi connectivity index (χ1) is 9.61. The van der Waals surface area contributed by atoms with Gasteiger partial charge in [0, 0.05) is 4.88 Å². The van der Waals surface area contributed by atoms with Crippen molar-refractivity contribution in [1.29, 1.82) is 0 Å². The zero-order chi connectivity index (χ0) is 14.5. The fourth-order valence-corrected chi connectivity index (χ4v) is 2.70. The molecule has 1 unspecified atom stereocenters. The molecule has 1 saturated heterocycles. The van der Waals surface area contributed by atoms with Crippen molar-refractivity contribution in [1.82, 2.24) is 0 Å². The Morgan fingerprint density at radius 1 is 1.50 bits per heavy atom. The second kappa shape index (κ2) is 6.83. The molecule has 1 atom stereocenters. The molecule has 1 N–H and O–H groups in total. The third kappa shape index (κ3) is 3.56. The molecular weight excluding hydrogens is 282 g/mol. The van der Waals surface area contributed by atoms with Crippen LogP contribution in [0.4, 0.5) is 5.00 Å². The number of anilines is 1. The van der Waals surface area contributed by atoms with Crippen molar-refractivity contribution in [3.8, 4) is 0 Å². The molecule has 20 heavy (non-hydrogen) atoms. The minimum atomic E-state index is -0.638. The third-order valence-electron chi connectivity index (χ3n) is 2.70. The summed E-state index contributed by atoms with van der Waals surface area (Å²) in [5, 5.41) is 3.20. The Hall–Kier alpha value is -1.44. The fraction of sp³-hybridized carbons (Fsp3) is 0.538. The first-order valence-corrected chi connectivity index (χ1v) is 7.21. The lowest BCUT2D eigenvalue weighted by Gasteiger charge is -2.21. The average molecular weight is 299 g/mol. The van der Waals surface area contributed by atoms with Gasteiger partial charge in [0.25, 0.3) is 5.91 Å². The number of rotatable bonds is 4. The summed E-state index contributed by atoms with van der Waals surface area (Å²) in [6.45, 7) is 5.01. The molecular formula is C13H17NO5S. The number of amides is 1. The van der Waals surface area contributed by atoms with Crippen LogP contribution in [0.15, 0.2) is 6.07 Å². The van der Waals surface area contributed by atoms with Gasteiger partial charge >= 0.3 is 5.97 Å². The van der Waals surface area contributed by atoms with E-state index in [-0.39, 0.29) is 12.5 Å². The predicted octanol–water partition coefficient (Wildman–Crippen LogP) is 1.59. The topological polar surface area (TPSA) is 73.9 Å². The zero-order valence-electron chi connectivity index (χ0n) is 11.4. The monoisotopic (exact) mass is 299 g/mol. The maximum atomic E-state index is 12.0. The van der Waals surface area contributed by atoms with Crippen molar-refractivity contribution in [2.45, 2.75) is 20.0 Å². The first-order valence-electron chi connectivity index (χ1n) is 6.39. The Morgan fingerprint density at radius 2 is 2.30 bits per heavy atom. The van der Waals surface area contributed by atoms with Gasteiger partial charge in [-0.3, -0.25) is 4.79 Å². The molecule has 0 spiro atoms. The van der Waals surface area contributed by atoms with Crippen molar-refractivity contribution >= 4 is 28.2 Å². The highest BCUT2D eigenvalue weighted by Crippen LogP contribution is 2.28. The molecule has 1 fully saturated rings. The average Bonchev–Trinajstić information content (AvgIpc) is 2.81. The van der Waals surface area contributed by atoms with Crippen molar-refractivity contribution in [3.05, 3.63) is 16.5 Å². The maximum absolute atomic E-state index is 12.0. The summed E-state index contributed by atoms with van der Waals surface area (Å²) >= 11 is 1.33. The van der Waals surface area contributed by atoms with Gasteiger partial charge in [-0.15, -0.1) is 11.3 Å². The minimum Gasteiger partial charge on any atom is -0.462 e. The Balaban J connectivity index is 2.08. The Labute approximate surface area is 121 Å². The van der Waals surface area contributed by atoms with Crippen molar-refractivity contribution in [3.63, 3.8) is 0 Å². The molecule has 0 bridgehead atoms. The lowest BCUT2D eigenvalue weighted by Crippen LogP contribution is -2.39. The molecule has 2 heterocycles. The van der Waals surface area contributed by atoms with E-state index in [0.717, 1.165) is 4.88 Å². The smallest absolute Gasteiger partial charge is 0.341 e. The lowest BCUT2D eigenvalue weighted by molar-refractivity contribution is -0.142. The van der Waals surface area contributed by atoms with Crippen LogP contribution in [-0.4, -0.2) is 44.4 Å². The van der Waals surface area contributed by atoms with Crippen LogP contribution in [0.3, 0.4) is 0 Å². The molecule has 1 aromatic heterocycles. The molecule has 1 amide bonds.